The Bertz CT molecular complexity index is 388. The summed E-state index contributed by atoms with van der Waals surface area (Å²) in [5, 5.41) is 11.9. The molecular weight excluding hydrogens is 218 g/mol. The number of carbonyl (C=O) groups is 1. The fraction of sp³-hybridized carbons (Fsp3) is 0.462. The average Bonchev–Trinajstić information content (AvgIpc) is 2.29. The first-order valence-electron chi connectivity index (χ1n) is 5.65. The monoisotopic (exact) mass is 237 g/mol. The number of ether oxygens (including phenoxy) is 1. The number of benzene rings is 1. The van der Waals surface area contributed by atoms with Gasteiger partial charge in [0.25, 0.3) is 0 Å². The number of nitrogens with one attached hydrogen (secondary N) is 1. The van der Waals surface area contributed by atoms with Crippen LogP contribution in [0, 0.1) is 6.92 Å². The Morgan fingerprint density at radius 2 is 2.24 bits per heavy atom. The molecule has 17 heavy (non-hydrogen) atoms. The van der Waals surface area contributed by atoms with Crippen LogP contribution in [0.5, 0.6) is 5.75 Å². The summed E-state index contributed by atoms with van der Waals surface area (Å²) in [6.07, 6.45) is 0.349. The van der Waals surface area contributed by atoms with Crippen molar-refractivity contribution in [3.8, 4) is 5.75 Å². The quantitative estimate of drug-likeness (QED) is 0.824. The molecule has 0 aromatic heterocycles. The Morgan fingerprint density at radius 3 is 2.76 bits per heavy atom. The lowest BCUT2D eigenvalue weighted by Crippen LogP contribution is -2.14. The van der Waals surface area contributed by atoms with E-state index in [-0.39, 0.29) is 5.91 Å². The summed E-state index contributed by atoms with van der Waals surface area (Å²) < 4.78 is 5.09. The van der Waals surface area contributed by atoms with Crippen molar-refractivity contribution >= 4 is 11.6 Å². The van der Waals surface area contributed by atoms with Gasteiger partial charge in [0.2, 0.25) is 5.91 Å². The van der Waals surface area contributed by atoms with Gasteiger partial charge in [0.1, 0.15) is 5.75 Å². The molecule has 0 heterocycles. The molecule has 1 amide bonds. The molecule has 1 aromatic carbocycles. The first-order valence-corrected chi connectivity index (χ1v) is 5.65. The fourth-order valence-electron chi connectivity index (χ4n) is 1.46. The van der Waals surface area contributed by atoms with E-state index >= 15 is 0 Å². The zero-order valence-corrected chi connectivity index (χ0v) is 10.5. The molecule has 0 fully saturated rings. The minimum Gasteiger partial charge on any atom is -0.497 e. The predicted octanol–water partition coefficient (Wildman–Crippen LogP) is 2.10. The van der Waals surface area contributed by atoms with Gasteiger partial charge in [-0.1, -0.05) is 0 Å². The molecule has 1 rings (SSSR count). The van der Waals surface area contributed by atoms with Crippen LogP contribution in [0.25, 0.3) is 0 Å². The zero-order valence-electron chi connectivity index (χ0n) is 10.5. The van der Waals surface area contributed by atoms with E-state index in [4.69, 9.17) is 9.84 Å². The third-order valence-electron chi connectivity index (χ3n) is 2.50. The Hall–Kier alpha value is -1.55. The lowest BCUT2D eigenvalue weighted by molar-refractivity contribution is -0.116. The minimum atomic E-state index is -0.447. The summed E-state index contributed by atoms with van der Waals surface area (Å²) in [5.74, 6) is 0.684. The van der Waals surface area contributed by atoms with Crippen LogP contribution in [0.2, 0.25) is 0 Å². The number of carbonyl (C=O) groups excluding carboxylic acids is 1. The predicted molar refractivity (Wildman–Crippen MR) is 67.3 cm³/mol. The summed E-state index contributed by atoms with van der Waals surface area (Å²) in [6, 6.07) is 5.48. The third kappa shape index (κ3) is 4.44. The second-order valence-corrected chi connectivity index (χ2v) is 4.12. The maximum Gasteiger partial charge on any atom is 0.224 e. The number of hydrogen-bond acceptors (Lipinski definition) is 3. The van der Waals surface area contributed by atoms with Crippen LogP contribution in [0.1, 0.15) is 25.3 Å². The molecule has 1 atom stereocenters. The van der Waals surface area contributed by atoms with E-state index < -0.39 is 6.10 Å². The molecule has 0 saturated heterocycles. The van der Waals surface area contributed by atoms with E-state index in [9.17, 15) is 4.79 Å². The van der Waals surface area contributed by atoms with Gasteiger partial charge in [0, 0.05) is 12.1 Å². The molecular formula is C13H19NO3. The van der Waals surface area contributed by atoms with Gasteiger partial charge < -0.3 is 15.2 Å². The van der Waals surface area contributed by atoms with Crippen molar-refractivity contribution in [2.24, 2.45) is 0 Å². The van der Waals surface area contributed by atoms with Crippen molar-refractivity contribution in [1.82, 2.24) is 0 Å². The number of anilines is 1. The van der Waals surface area contributed by atoms with E-state index in [2.05, 4.69) is 5.32 Å². The second kappa shape index (κ2) is 6.25. The fourth-order valence-corrected chi connectivity index (χ4v) is 1.46. The number of aryl methyl sites for hydroxylation is 1. The lowest BCUT2D eigenvalue weighted by Gasteiger charge is -2.10. The van der Waals surface area contributed by atoms with Crippen molar-refractivity contribution in [3.63, 3.8) is 0 Å². The van der Waals surface area contributed by atoms with E-state index in [1.807, 2.05) is 19.1 Å². The number of methoxy groups -OCH3 is 1. The molecule has 0 spiro atoms. The van der Waals surface area contributed by atoms with E-state index in [1.165, 1.54) is 0 Å². The topological polar surface area (TPSA) is 58.6 Å². The molecule has 0 aliphatic carbocycles. The standard InChI is InChI=1S/C13H19NO3/c1-9-8-11(17-3)5-6-12(9)14-13(16)7-4-10(2)15/h5-6,8,10,15H,4,7H2,1-3H3,(H,14,16). The Balaban J connectivity index is 2.59. The van der Waals surface area contributed by atoms with Crippen LogP contribution in [-0.4, -0.2) is 24.2 Å². The lowest BCUT2D eigenvalue weighted by atomic mass is 10.1. The summed E-state index contributed by atoms with van der Waals surface area (Å²) in [4.78, 5) is 11.6. The number of aliphatic hydroxyl groups excluding tert-OH is 1. The van der Waals surface area contributed by atoms with Gasteiger partial charge >= 0.3 is 0 Å². The van der Waals surface area contributed by atoms with Gasteiger partial charge in [-0.15, -0.1) is 0 Å². The maximum atomic E-state index is 11.6. The van der Waals surface area contributed by atoms with E-state index in [1.54, 1.807) is 20.1 Å². The summed E-state index contributed by atoms with van der Waals surface area (Å²) in [5.41, 5.74) is 1.73. The second-order valence-electron chi connectivity index (χ2n) is 4.12. The van der Waals surface area contributed by atoms with Crippen molar-refractivity contribution in [2.45, 2.75) is 32.8 Å². The smallest absolute Gasteiger partial charge is 0.224 e. The summed E-state index contributed by atoms with van der Waals surface area (Å²) >= 11 is 0. The molecule has 2 N–H and O–H groups in total. The first kappa shape index (κ1) is 13.5. The van der Waals surface area contributed by atoms with Crippen LogP contribution in [0.15, 0.2) is 18.2 Å². The average molecular weight is 237 g/mol. The molecule has 0 radical (unpaired) electrons. The summed E-state index contributed by atoms with van der Waals surface area (Å²) in [7, 11) is 1.61. The van der Waals surface area contributed by atoms with Gasteiger partial charge in [0.05, 0.1) is 13.2 Å². The number of rotatable bonds is 5. The molecule has 0 aliphatic heterocycles. The Morgan fingerprint density at radius 1 is 1.53 bits per heavy atom. The van der Waals surface area contributed by atoms with Gasteiger partial charge in [-0.2, -0.15) is 0 Å². The van der Waals surface area contributed by atoms with Crippen LogP contribution in [0.3, 0.4) is 0 Å². The van der Waals surface area contributed by atoms with Crippen molar-refractivity contribution in [3.05, 3.63) is 23.8 Å². The molecule has 1 unspecified atom stereocenters. The van der Waals surface area contributed by atoms with Crippen molar-refractivity contribution in [1.29, 1.82) is 0 Å². The van der Waals surface area contributed by atoms with Crippen LogP contribution in [-0.2, 0) is 4.79 Å². The highest BCUT2D eigenvalue weighted by Gasteiger charge is 2.07. The van der Waals surface area contributed by atoms with Crippen molar-refractivity contribution < 1.29 is 14.6 Å². The van der Waals surface area contributed by atoms with Gasteiger partial charge in [-0.05, 0) is 44.0 Å². The first-order chi connectivity index (χ1) is 8.02. The largest absolute Gasteiger partial charge is 0.497 e. The van der Waals surface area contributed by atoms with Gasteiger partial charge in [-0.3, -0.25) is 4.79 Å². The molecule has 4 heteroatoms. The maximum absolute atomic E-state index is 11.6. The Labute approximate surface area is 102 Å². The van der Waals surface area contributed by atoms with Crippen LogP contribution in [0.4, 0.5) is 5.69 Å². The minimum absolute atomic E-state index is 0.0841. The number of hydrogen-bond donors (Lipinski definition) is 2. The molecule has 0 saturated carbocycles. The molecule has 4 nitrogen and oxygen atoms in total. The van der Waals surface area contributed by atoms with Gasteiger partial charge in [0.15, 0.2) is 0 Å². The Kier molecular flexibility index (Phi) is 4.97. The summed E-state index contributed by atoms with van der Waals surface area (Å²) in [6.45, 7) is 3.58. The number of aliphatic hydroxyl groups is 1. The highest BCUT2D eigenvalue weighted by atomic mass is 16.5. The van der Waals surface area contributed by atoms with Crippen LogP contribution < -0.4 is 10.1 Å². The number of amides is 1. The molecule has 0 aliphatic rings. The zero-order chi connectivity index (χ0) is 12.8. The highest BCUT2D eigenvalue weighted by Crippen LogP contribution is 2.21. The highest BCUT2D eigenvalue weighted by molar-refractivity contribution is 5.91. The molecule has 94 valence electrons. The third-order valence-corrected chi connectivity index (χ3v) is 2.50. The van der Waals surface area contributed by atoms with Crippen LogP contribution >= 0.6 is 0 Å². The SMILES string of the molecule is COc1ccc(NC(=O)CCC(C)O)c(C)c1. The molecule has 0 bridgehead atoms. The van der Waals surface area contributed by atoms with E-state index in [0.717, 1.165) is 17.0 Å². The van der Waals surface area contributed by atoms with Crippen molar-refractivity contribution in [2.75, 3.05) is 12.4 Å². The molecule has 1 aromatic rings. The normalized spacial score (nSPS) is 12.0. The van der Waals surface area contributed by atoms with E-state index in [0.29, 0.717) is 12.8 Å². The van der Waals surface area contributed by atoms with Gasteiger partial charge in [-0.25, -0.2) is 0 Å².